The van der Waals surface area contributed by atoms with E-state index in [0.717, 1.165) is 29.3 Å². The highest BCUT2D eigenvalue weighted by atomic mass is 32.2. The summed E-state index contributed by atoms with van der Waals surface area (Å²) in [5, 5.41) is 1.59. The summed E-state index contributed by atoms with van der Waals surface area (Å²) in [5.74, 6) is 6.39. The van der Waals surface area contributed by atoms with Crippen LogP contribution in [0.2, 0.25) is 0 Å². The number of nitrogens with one attached hydrogen (secondary N) is 1. The SMILES string of the molecule is CC/C1=C/C(C(=O)COc2ccc(CC3SC(=O)NC3=O)cc2)=C\CC#CC1. The first-order valence-electron chi connectivity index (χ1n) is 9.17. The molecule has 6 heteroatoms. The number of ether oxygens (including phenoxy) is 1. The second kappa shape index (κ2) is 9.43. The van der Waals surface area contributed by atoms with Crippen molar-refractivity contribution >= 4 is 28.7 Å². The van der Waals surface area contributed by atoms with Crippen molar-refractivity contribution < 1.29 is 19.1 Å². The van der Waals surface area contributed by atoms with E-state index in [1.165, 1.54) is 0 Å². The molecule has 1 fully saturated rings. The molecule has 5 nitrogen and oxygen atoms in total. The molecule has 1 aliphatic carbocycles. The number of hydrogen-bond acceptors (Lipinski definition) is 5. The fraction of sp³-hybridized carbons (Fsp3) is 0.318. The Morgan fingerprint density at radius 3 is 2.71 bits per heavy atom. The molecular formula is C22H21NO4S. The van der Waals surface area contributed by atoms with Crippen LogP contribution in [-0.2, 0) is 16.0 Å². The van der Waals surface area contributed by atoms with E-state index < -0.39 is 5.25 Å². The van der Waals surface area contributed by atoms with Crippen molar-refractivity contribution in [3.05, 3.63) is 53.1 Å². The molecule has 1 aliphatic heterocycles. The zero-order valence-electron chi connectivity index (χ0n) is 15.6. The Labute approximate surface area is 168 Å². The predicted molar refractivity (Wildman–Crippen MR) is 109 cm³/mol. The molecule has 1 aromatic carbocycles. The molecule has 3 rings (SSSR count). The highest BCUT2D eigenvalue weighted by Crippen LogP contribution is 2.24. The van der Waals surface area contributed by atoms with Crippen molar-refractivity contribution in [2.45, 2.75) is 37.9 Å². The van der Waals surface area contributed by atoms with Crippen molar-refractivity contribution in [2.75, 3.05) is 6.61 Å². The van der Waals surface area contributed by atoms with Gasteiger partial charge in [-0.15, -0.1) is 0 Å². The van der Waals surface area contributed by atoms with Crippen LogP contribution in [0.25, 0.3) is 0 Å². The lowest BCUT2D eigenvalue weighted by atomic mass is 10.0. The summed E-state index contributed by atoms with van der Waals surface area (Å²) < 4.78 is 5.63. The van der Waals surface area contributed by atoms with E-state index in [0.29, 0.717) is 30.6 Å². The lowest BCUT2D eigenvalue weighted by Gasteiger charge is -2.10. The van der Waals surface area contributed by atoms with Crippen LogP contribution in [0, 0.1) is 11.8 Å². The van der Waals surface area contributed by atoms with Crippen LogP contribution in [-0.4, -0.2) is 28.8 Å². The minimum absolute atomic E-state index is 0.0402. The summed E-state index contributed by atoms with van der Waals surface area (Å²) in [6.45, 7) is 2.01. The Morgan fingerprint density at radius 2 is 2.04 bits per heavy atom. The lowest BCUT2D eigenvalue weighted by molar-refractivity contribution is -0.119. The number of carbonyl (C=O) groups excluding carboxylic acids is 3. The quantitative estimate of drug-likeness (QED) is 0.715. The van der Waals surface area contributed by atoms with Crippen molar-refractivity contribution in [3.8, 4) is 17.6 Å². The average molecular weight is 395 g/mol. The number of benzene rings is 1. The topological polar surface area (TPSA) is 72.5 Å². The third kappa shape index (κ3) is 5.37. The standard InChI is InChI=1S/C22H21NO4S/c1-2-15-6-4-3-5-7-17(12-15)19(24)14-27-18-10-8-16(9-11-18)13-20-21(25)23-22(26)28-20/h7-12,20H,2,5-6,13-14H2,1H3,(H,23,25,26)/b15-12-,17-7+. The molecule has 0 radical (unpaired) electrons. The fourth-order valence-corrected chi connectivity index (χ4v) is 3.72. The van der Waals surface area contributed by atoms with E-state index in [2.05, 4.69) is 24.1 Å². The van der Waals surface area contributed by atoms with Gasteiger partial charge in [-0.1, -0.05) is 60.4 Å². The van der Waals surface area contributed by atoms with Gasteiger partial charge in [-0.25, -0.2) is 0 Å². The second-order valence-corrected chi connectivity index (χ2v) is 7.67. The van der Waals surface area contributed by atoms with Gasteiger partial charge in [0.2, 0.25) is 5.91 Å². The number of amides is 2. The van der Waals surface area contributed by atoms with Crippen molar-refractivity contribution in [3.63, 3.8) is 0 Å². The van der Waals surface area contributed by atoms with Crippen molar-refractivity contribution in [1.29, 1.82) is 0 Å². The number of ketones is 1. The summed E-state index contributed by atoms with van der Waals surface area (Å²) >= 11 is 1.01. The summed E-state index contributed by atoms with van der Waals surface area (Å²) in [5.41, 5.74) is 2.72. The zero-order chi connectivity index (χ0) is 19.9. The summed E-state index contributed by atoms with van der Waals surface area (Å²) in [7, 11) is 0. The van der Waals surface area contributed by atoms with Gasteiger partial charge in [0.05, 0.1) is 5.25 Å². The van der Waals surface area contributed by atoms with E-state index in [4.69, 9.17) is 4.74 Å². The Hall–Kier alpha value is -2.78. The van der Waals surface area contributed by atoms with Crippen LogP contribution in [0.3, 0.4) is 0 Å². The van der Waals surface area contributed by atoms with Crippen LogP contribution in [0.5, 0.6) is 5.75 Å². The van der Waals surface area contributed by atoms with Gasteiger partial charge in [0.15, 0.2) is 12.4 Å². The molecule has 0 bridgehead atoms. The van der Waals surface area contributed by atoms with Gasteiger partial charge in [0.25, 0.3) is 5.24 Å². The number of thioether (sulfide) groups is 1. The Bertz CT molecular complexity index is 903. The molecular weight excluding hydrogens is 374 g/mol. The lowest BCUT2D eigenvalue weighted by Crippen LogP contribution is -2.25. The maximum atomic E-state index is 12.5. The molecule has 2 aliphatic rings. The fourth-order valence-electron chi connectivity index (χ4n) is 2.86. The van der Waals surface area contributed by atoms with Crippen LogP contribution < -0.4 is 10.1 Å². The van der Waals surface area contributed by atoms with E-state index in [9.17, 15) is 14.4 Å². The number of allylic oxidation sites excluding steroid dienone is 3. The molecule has 1 unspecified atom stereocenters. The third-order valence-corrected chi connectivity index (χ3v) is 5.46. The first kappa shape index (κ1) is 20.0. The van der Waals surface area contributed by atoms with Crippen LogP contribution in [0.4, 0.5) is 4.79 Å². The van der Waals surface area contributed by atoms with Crippen LogP contribution in [0.15, 0.2) is 47.6 Å². The van der Waals surface area contributed by atoms with Gasteiger partial charge in [0, 0.05) is 18.4 Å². The first-order chi connectivity index (χ1) is 13.5. The van der Waals surface area contributed by atoms with Crippen molar-refractivity contribution in [2.24, 2.45) is 0 Å². The van der Waals surface area contributed by atoms with Crippen molar-refractivity contribution in [1.82, 2.24) is 5.32 Å². The van der Waals surface area contributed by atoms with Gasteiger partial charge in [0.1, 0.15) is 5.75 Å². The molecule has 1 N–H and O–H groups in total. The number of Topliss-reactive ketones (excluding diaryl/α,β-unsaturated/α-hetero) is 1. The highest BCUT2D eigenvalue weighted by molar-refractivity contribution is 8.15. The number of imide groups is 1. The number of carbonyl (C=O) groups is 3. The maximum Gasteiger partial charge on any atom is 0.286 e. The summed E-state index contributed by atoms with van der Waals surface area (Å²) in [4.78, 5) is 35.4. The maximum absolute atomic E-state index is 12.5. The molecule has 0 saturated carbocycles. The molecule has 28 heavy (non-hydrogen) atoms. The van der Waals surface area contributed by atoms with Gasteiger partial charge >= 0.3 is 0 Å². The minimum atomic E-state index is -0.394. The predicted octanol–water partition coefficient (Wildman–Crippen LogP) is 3.59. The smallest absolute Gasteiger partial charge is 0.286 e. The molecule has 1 aromatic rings. The highest BCUT2D eigenvalue weighted by Gasteiger charge is 2.31. The molecule has 0 spiro atoms. The normalized spacial score (nSPS) is 22.5. The molecule has 1 saturated heterocycles. The van der Waals surface area contributed by atoms with E-state index >= 15 is 0 Å². The monoisotopic (exact) mass is 395 g/mol. The zero-order valence-corrected chi connectivity index (χ0v) is 16.4. The van der Waals surface area contributed by atoms with Gasteiger partial charge < -0.3 is 4.74 Å². The molecule has 144 valence electrons. The molecule has 1 heterocycles. The summed E-state index contributed by atoms with van der Waals surface area (Å²) in [6, 6.07) is 7.23. The Balaban J connectivity index is 1.56. The summed E-state index contributed by atoms with van der Waals surface area (Å²) in [6.07, 6.45) is 6.38. The minimum Gasteiger partial charge on any atom is -0.485 e. The second-order valence-electron chi connectivity index (χ2n) is 6.49. The van der Waals surface area contributed by atoms with Crippen LogP contribution in [0.1, 0.15) is 31.7 Å². The Morgan fingerprint density at radius 1 is 1.25 bits per heavy atom. The first-order valence-corrected chi connectivity index (χ1v) is 10.0. The Kier molecular flexibility index (Phi) is 6.72. The van der Waals surface area contributed by atoms with E-state index in [1.54, 1.807) is 12.1 Å². The molecule has 1 atom stereocenters. The van der Waals surface area contributed by atoms with E-state index in [-0.39, 0.29) is 23.5 Å². The number of hydrogen-bond donors (Lipinski definition) is 1. The van der Waals surface area contributed by atoms with E-state index in [1.807, 2.05) is 24.3 Å². The van der Waals surface area contributed by atoms with Crippen LogP contribution >= 0.6 is 11.8 Å². The van der Waals surface area contributed by atoms with Gasteiger partial charge in [-0.3, -0.25) is 19.7 Å². The van der Waals surface area contributed by atoms with Gasteiger partial charge in [-0.2, -0.15) is 0 Å². The molecule has 0 aromatic heterocycles. The largest absolute Gasteiger partial charge is 0.485 e. The molecule has 2 amide bonds. The average Bonchev–Trinajstić information content (AvgIpc) is 2.98. The van der Waals surface area contributed by atoms with Gasteiger partial charge in [-0.05, 0) is 30.5 Å². The number of rotatable bonds is 7. The third-order valence-electron chi connectivity index (χ3n) is 4.48.